The van der Waals surface area contributed by atoms with E-state index < -0.39 is 22.4 Å². The smallest absolute Gasteiger partial charge is 0.258 e. The van der Waals surface area contributed by atoms with E-state index in [0.717, 1.165) is 16.7 Å². The summed E-state index contributed by atoms with van der Waals surface area (Å²) in [7, 11) is -1.26. The Morgan fingerprint density at radius 1 is 1.33 bits per heavy atom. The Morgan fingerprint density at radius 2 is 1.90 bits per heavy atom. The number of nitriles is 1. The molecule has 0 aliphatic carbocycles. The lowest BCUT2D eigenvalue weighted by molar-refractivity contribution is -0.117. The maximum Gasteiger partial charge on any atom is 0.258 e. The number of thiazole rings is 1. The Morgan fingerprint density at radius 3 is 2.33 bits per heavy atom. The van der Waals surface area contributed by atoms with E-state index >= 15 is 0 Å². The lowest BCUT2D eigenvalue weighted by Gasteiger charge is -2.19. The first-order valence-electron chi connectivity index (χ1n) is 9.58. The van der Waals surface area contributed by atoms with Crippen LogP contribution in [-0.4, -0.2) is 16.0 Å². The third-order valence-corrected chi connectivity index (χ3v) is 7.38. The highest BCUT2D eigenvalue weighted by Crippen LogP contribution is 2.30. The fraction of sp³-hybridized carbons (Fsp3) is 0.476. The zero-order chi connectivity index (χ0) is 22.6. The summed E-state index contributed by atoms with van der Waals surface area (Å²) in [5.74, 6) is -0.644. The Labute approximate surface area is 183 Å². The molecule has 1 unspecified atom stereocenters. The van der Waals surface area contributed by atoms with E-state index in [2.05, 4.69) is 14.1 Å². The largest absolute Gasteiger partial charge is 0.385 e. The Bertz CT molecular complexity index is 972. The zero-order valence-electron chi connectivity index (χ0n) is 18.0. The molecule has 0 saturated heterocycles. The van der Waals surface area contributed by atoms with Crippen molar-refractivity contribution in [2.75, 3.05) is 0 Å². The standard InChI is InChI=1S/C21H27FN4O2S2/c1-12(2)15-7-14(22)8-16(13(3)4)17(15)9-19(27)26-30(25-11-23)20-24-10-18(29-20)21(5,6)28/h7-8,10,12-13,28H,9H2,1-6H3,(H,25,26,27). The molecule has 1 heterocycles. The minimum absolute atomic E-state index is 0.0155. The summed E-state index contributed by atoms with van der Waals surface area (Å²) in [5, 5.41) is 19.2. The van der Waals surface area contributed by atoms with Gasteiger partial charge in [0.15, 0.2) is 10.5 Å². The van der Waals surface area contributed by atoms with Gasteiger partial charge in [0.2, 0.25) is 0 Å². The van der Waals surface area contributed by atoms with Crippen LogP contribution in [-0.2, 0) is 27.7 Å². The Hall–Kier alpha value is -2.15. The van der Waals surface area contributed by atoms with Crippen LogP contribution in [0.1, 0.15) is 74.9 Å². The number of rotatable bonds is 7. The zero-order valence-corrected chi connectivity index (χ0v) is 19.6. The van der Waals surface area contributed by atoms with E-state index in [-0.39, 0.29) is 24.1 Å². The van der Waals surface area contributed by atoms with Crippen LogP contribution in [0, 0.1) is 17.3 Å². The summed E-state index contributed by atoms with van der Waals surface area (Å²) in [5.41, 5.74) is 1.28. The second-order valence-corrected chi connectivity index (χ2v) is 10.7. The van der Waals surface area contributed by atoms with Crippen molar-refractivity contribution in [3.63, 3.8) is 0 Å². The minimum Gasteiger partial charge on any atom is -0.385 e. The summed E-state index contributed by atoms with van der Waals surface area (Å²) in [6, 6.07) is 2.95. The van der Waals surface area contributed by atoms with Gasteiger partial charge in [-0.1, -0.05) is 27.7 Å². The molecule has 0 radical (unpaired) electrons. The molecule has 1 atom stereocenters. The number of aliphatic hydroxyl groups is 1. The van der Waals surface area contributed by atoms with E-state index in [1.54, 1.807) is 13.8 Å². The molecule has 1 amide bonds. The molecule has 0 saturated carbocycles. The van der Waals surface area contributed by atoms with Gasteiger partial charge in [0.05, 0.1) is 27.8 Å². The normalized spacial score (nSPS) is 13.0. The number of nitrogens with zero attached hydrogens (tertiary/aromatic N) is 3. The average molecular weight is 451 g/mol. The summed E-state index contributed by atoms with van der Waals surface area (Å²) in [6.45, 7) is 11.1. The van der Waals surface area contributed by atoms with Crippen molar-refractivity contribution in [1.29, 1.82) is 5.26 Å². The lowest BCUT2D eigenvalue weighted by Crippen LogP contribution is -2.15. The molecule has 2 N–H and O–H groups in total. The molecule has 1 aromatic carbocycles. The van der Waals surface area contributed by atoms with E-state index in [9.17, 15) is 14.3 Å². The molecule has 0 aliphatic heterocycles. The monoisotopic (exact) mass is 450 g/mol. The molecule has 162 valence electrons. The fourth-order valence-electron chi connectivity index (χ4n) is 2.98. The van der Waals surface area contributed by atoms with Crippen molar-refractivity contribution in [3.05, 3.63) is 45.7 Å². The van der Waals surface area contributed by atoms with Crippen LogP contribution in [0.2, 0.25) is 0 Å². The van der Waals surface area contributed by atoms with Crippen molar-refractivity contribution in [1.82, 2.24) is 9.71 Å². The fourth-order valence-corrected chi connectivity index (χ4v) is 5.17. The third-order valence-electron chi connectivity index (χ3n) is 4.44. The van der Waals surface area contributed by atoms with Gasteiger partial charge in [-0.3, -0.25) is 9.52 Å². The van der Waals surface area contributed by atoms with Gasteiger partial charge < -0.3 is 5.11 Å². The minimum atomic E-state index is -1.26. The van der Waals surface area contributed by atoms with Crippen molar-refractivity contribution in [2.24, 2.45) is 4.36 Å². The molecule has 2 rings (SSSR count). The van der Waals surface area contributed by atoms with Crippen molar-refractivity contribution in [3.8, 4) is 6.19 Å². The number of carbonyl (C=O) groups is 1. The second-order valence-electron chi connectivity index (χ2n) is 8.08. The van der Waals surface area contributed by atoms with Gasteiger partial charge in [-0.05, 0) is 54.5 Å². The molecule has 0 spiro atoms. The molecule has 6 nitrogen and oxygen atoms in total. The molecule has 2 aromatic rings. The predicted octanol–water partition coefficient (Wildman–Crippen LogP) is 4.67. The lowest BCUT2D eigenvalue weighted by atomic mass is 9.87. The number of halogens is 1. The first-order valence-corrected chi connectivity index (χ1v) is 11.6. The van der Waals surface area contributed by atoms with Gasteiger partial charge in [-0.15, -0.1) is 11.3 Å². The number of benzene rings is 1. The van der Waals surface area contributed by atoms with Gasteiger partial charge in [0.1, 0.15) is 5.82 Å². The number of hydrogen-bond acceptors (Lipinski definition) is 5. The van der Waals surface area contributed by atoms with Crippen LogP contribution in [0.5, 0.6) is 0 Å². The molecule has 30 heavy (non-hydrogen) atoms. The highest BCUT2D eigenvalue weighted by atomic mass is 32.2. The van der Waals surface area contributed by atoms with E-state index in [4.69, 9.17) is 5.26 Å². The van der Waals surface area contributed by atoms with Crippen LogP contribution in [0.25, 0.3) is 0 Å². The number of hydrogen-bond donors (Lipinski definition) is 2. The highest BCUT2D eigenvalue weighted by Gasteiger charge is 2.22. The summed E-state index contributed by atoms with van der Waals surface area (Å²) in [6.07, 6.45) is 3.36. The van der Waals surface area contributed by atoms with Gasteiger partial charge >= 0.3 is 0 Å². The molecule has 0 aliphatic rings. The SMILES string of the molecule is CC(C)c1cc(F)cc(C(C)C)c1CC(=O)/N=S(/NC#N)c1ncc(C(C)(C)O)s1. The third kappa shape index (κ3) is 5.94. The van der Waals surface area contributed by atoms with Crippen molar-refractivity contribution >= 4 is 28.1 Å². The van der Waals surface area contributed by atoms with Crippen LogP contribution in [0.15, 0.2) is 27.0 Å². The van der Waals surface area contributed by atoms with Crippen molar-refractivity contribution < 1.29 is 14.3 Å². The maximum absolute atomic E-state index is 14.1. The van der Waals surface area contributed by atoms with E-state index in [1.807, 2.05) is 33.9 Å². The number of amides is 1. The molecule has 0 fully saturated rings. The van der Waals surface area contributed by atoms with Gasteiger partial charge in [0.25, 0.3) is 5.91 Å². The topological polar surface area (TPSA) is 98.4 Å². The number of nitrogens with one attached hydrogen (secondary N) is 1. The molecule has 9 heteroatoms. The van der Waals surface area contributed by atoms with Crippen LogP contribution in [0.3, 0.4) is 0 Å². The number of aromatic nitrogens is 1. The first kappa shape index (κ1) is 24.1. The molecular weight excluding hydrogens is 423 g/mol. The van der Waals surface area contributed by atoms with Crippen LogP contribution < -0.4 is 4.72 Å². The van der Waals surface area contributed by atoms with Crippen LogP contribution >= 0.6 is 11.3 Å². The highest BCUT2D eigenvalue weighted by molar-refractivity contribution is 7.88. The van der Waals surface area contributed by atoms with E-state index in [0.29, 0.717) is 9.22 Å². The average Bonchev–Trinajstić information content (AvgIpc) is 3.12. The Balaban J connectivity index is 2.44. The summed E-state index contributed by atoms with van der Waals surface area (Å²) in [4.78, 5) is 17.7. The maximum atomic E-state index is 14.1. The first-order chi connectivity index (χ1) is 13.9. The molecular formula is C21H27FN4O2S2. The van der Waals surface area contributed by atoms with Crippen molar-refractivity contribution in [2.45, 2.75) is 69.7 Å². The van der Waals surface area contributed by atoms with Gasteiger partial charge in [-0.25, -0.2) is 9.37 Å². The second kappa shape index (κ2) is 9.77. The number of carbonyl (C=O) groups excluding carboxylic acids is 1. The summed E-state index contributed by atoms with van der Waals surface area (Å²) >= 11 is 1.20. The predicted molar refractivity (Wildman–Crippen MR) is 117 cm³/mol. The summed E-state index contributed by atoms with van der Waals surface area (Å²) < 4.78 is 21.2. The molecule has 1 aromatic heterocycles. The van der Waals surface area contributed by atoms with Crippen LogP contribution in [0.4, 0.5) is 4.39 Å². The van der Waals surface area contributed by atoms with E-state index in [1.165, 1.54) is 29.7 Å². The molecule has 0 bridgehead atoms. The Kier molecular flexibility index (Phi) is 7.86. The quantitative estimate of drug-likeness (QED) is 0.472. The van der Waals surface area contributed by atoms with Gasteiger partial charge in [0, 0.05) is 6.20 Å². The van der Waals surface area contributed by atoms with Gasteiger partial charge in [-0.2, -0.15) is 9.62 Å².